The quantitative estimate of drug-likeness (QED) is 0.784. The summed E-state index contributed by atoms with van der Waals surface area (Å²) in [6, 6.07) is 16.9. The summed E-state index contributed by atoms with van der Waals surface area (Å²) in [6.45, 7) is 7.22. The number of ketones is 1. The molecule has 0 N–H and O–H groups in total. The zero-order valence-corrected chi connectivity index (χ0v) is 16.8. The number of rotatable bonds is 6. The second-order valence-electron chi connectivity index (χ2n) is 7.54. The Labute approximate surface area is 162 Å². The van der Waals surface area contributed by atoms with Crippen molar-refractivity contribution in [2.24, 2.45) is 0 Å². The van der Waals surface area contributed by atoms with E-state index in [1.54, 1.807) is 6.92 Å². The molecule has 4 nitrogen and oxygen atoms in total. The number of anilines is 1. The van der Waals surface area contributed by atoms with Crippen LogP contribution in [0.1, 0.15) is 29.5 Å². The average Bonchev–Trinajstić information content (AvgIpc) is 2.67. The number of aryl methyl sites for hydroxylation is 1. The molecular weight excluding hydrogens is 336 g/mol. The molecule has 1 heterocycles. The molecule has 1 fully saturated rings. The van der Waals surface area contributed by atoms with Gasteiger partial charge in [-0.2, -0.15) is 0 Å². The minimum Gasteiger partial charge on any atom is -0.378 e. The molecule has 0 amide bonds. The molecule has 1 aliphatic rings. The van der Waals surface area contributed by atoms with Crippen LogP contribution in [-0.2, 0) is 9.53 Å². The zero-order chi connectivity index (χ0) is 19.4. The molecule has 27 heavy (non-hydrogen) atoms. The topological polar surface area (TPSA) is 32.8 Å². The number of hydrogen-bond acceptors (Lipinski definition) is 4. The van der Waals surface area contributed by atoms with E-state index in [9.17, 15) is 4.79 Å². The lowest BCUT2D eigenvalue weighted by Gasteiger charge is -2.33. The summed E-state index contributed by atoms with van der Waals surface area (Å²) >= 11 is 0. The largest absolute Gasteiger partial charge is 0.378 e. The summed E-state index contributed by atoms with van der Waals surface area (Å²) in [6.07, 6.45) is 0. The fourth-order valence-electron chi connectivity index (χ4n) is 4.08. The van der Waals surface area contributed by atoms with Gasteiger partial charge in [-0.1, -0.05) is 36.4 Å². The van der Waals surface area contributed by atoms with Gasteiger partial charge in [0.2, 0.25) is 0 Å². The van der Waals surface area contributed by atoms with Crippen LogP contribution in [0.5, 0.6) is 0 Å². The lowest BCUT2D eigenvalue weighted by molar-refractivity contribution is -0.121. The predicted molar refractivity (Wildman–Crippen MR) is 111 cm³/mol. The number of ether oxygens (including phenoxy) is 1. The third kappa shape index (κ3) is 4.40. The average molecular weight is 367 g/mol. The van der Waals surface area contributed by atoms with E-state index in [0.717, 1.165) is 26.3 Å². The highest BCUT2D eigenvalue weighted by atomic mass is 16.5. The van der Waals surface area contributed by atoms with Gasteiger partial charge < -0.3 is 9.64 Å². The Bertz CT molecular complexity index is 764. The molecule has 2 aromatic rings. The number of benzene rings is 2. The Morgan fingerprint density at radius 3 is 2.22 bits per heavy atom. The van der Waals surface area contributed by atoms with Gasteiger partial charge in [-0.15, -0.1) is 0 Å². The van der Waals surface area contributed by atoms with Crippen molar-refractivity contribution in [1.82, 2.24) is 4.90 Å². The molecule has 144 valence electrons. The van der Waals surface area contributed by atoms with E-state index in [-0.39, 0.29) is 17.7 Å². The highest BCUT2D eigenvalue weighted by molar-refractivity contribution is 5.83. The van der Waals surface area contributed by atoms with Crippen LogP contribution >= 0.6 is 0 Å². The Kier molecular flexibility index (Phi) is 6.30. The van der Waals surface area contributed by atoms with Crippen LogP contribution in [0.15, 0.2) is 48.5 Å². The molecule has 0 bridgehead atoms. The molecule has 0 aromatic heterocycles. The first-order valence-corrected chi connectivity index (χ1v) is 9.64. The zero-order valence-electron chi connectivity index (χ0n) is 16.8. The maximum Gasteiger partial charge on any atom is 0.147 e. The molecule has 2 aromatic carbocycles. The molecule has 0 spiro atoms. The van der Waals surface area contributed by atoms with E-state index in [0.29, 0.717) is 0 Å². The molecule has 0 radical (unpaired) electrons. The first-order chi connectivity index (χ1) is 13.0. The van der Waals surface area contributed by atoms with Crippen molar-refractivity contribution in [3.05, 3.63) is 65.2 Å². The molecule has 1 aliphatic heterocycles. The molecule has 2 atom stereocenters. The maximum absolute atomic E-state index is 12.5. The Morgan fingerprint density at radius 1 is 1.04 bits per heavy atom. The van der Waals surface area contributed by atoms with E-state index in [4.69, 9.17) is 4.74 Å². The fourth-order valence-corrected chi connectivity index (χ4v) is 4.08. The van der Waals surface area contributed by atoms with Crippen LogP contribution in [-0.4, -0.2) is 57.1 Å². The van der Waals surface area contributed by atoms with Crippen LogP contribution in [0.4, 0.5) is 5.69 Å². The number of Topliss-reactive ketones (excluding diaryl/α,β-unsaturated/α-hetero) is 1. The number of hydrogen-bond donors (Lipinski definition) is 0. The second-order valence-corrected chi connectivity index (χ2v) is 7.54. The van der Waals surface area contributed by atoms with Gasteiger partial charge in [-0.3, -0.25) is 9.69 Å². The van der Waals surface area contributed by atoms with E-state index in [1.807, 2.05) is 19.0 Å². The van der Waals surface area contributed by atoms with Crippen molar-refractivity contribution in [1.29, 1.82) is 0 Å². The minimum absolute atomic E-state index is 0.0115. The highest BCUT2D eigenvalue weighted by Crippen LogP contribution is 2.34. The van der Waals surface area contributed by atoms with Crippen LogP contribution < -0.4 is 4.90 Å². The van der Waals surface area contributed by atoms with E-state index >= 15 is 0 Å². The highest BCUT2D eigenvalue weighted by Gasteiger charge is 2.31. The van der Waals surface area contributed by atoms with Crippen LogP contribution in [0, 0.1) is 6.92 Å². The molecule has 0 saturated carbocycles. The molecule has 2 unspecified atom stereocenters. The van der Waals surface area contributed by atoms with Crippen molar-refractivity contribution >= 4 is 11.5 Å². The van der Waals surface area contributed by atoms with Gasteiger partial charge in [-0.25, -0.2) is 0 Å². The van der Waals surface area contributed by atoms with Crippen LogP contribution in [0.3, 0.4) is 0 Å². The van der Waals surface area contributed by atoms with Gasteiger partial charge in [-0.05, 0) is 56.8 Å². The number of carbonyl (C=O) groups is 1. The minimum atomic E-state index is -0.194. The normalized spacial score (nSPS) is 17.0. The third-order valence-electron chi connectivity index (χ3n) is 5.44. The van der Waals surface area contributed by atoms with Gasteiger partial charge in [0, 0.05) is 24.7 Å². The first kappa shape index (κ1) is 19.6. The Balaban J connectivity index is 2.00. The van der Waals surface area contributed by atoms with E-state index in [2.05, 4.69) is 60.4 Å². The van der Waals surface area contributed by atoms with Crippen molar-refractivity contribution < 1.29 is 9.53 Å². The van der Waals surface area contributed by atoms with Gasteiger partial charge in [0.15, 0.2) is 0 Å². The lowest BCUT2D eigenvalue weighted by atomic mass is 9.81. The summed E-state index contributed by atoms with van der Waals surface area (Å²) < 4.78 is 5.45. The van der Waals surface area contributed by atoms with Crippen LogP contribution in [0.2, 0.25) is 0 Å². The Morgan fingerprint density at radius 2 is 1.67 bits per heavy atom. The summed E-state index contributed by atoms with van der Waals surface area (Å²) in [7, 11) is 3.97. The van der Waals surface area contributed by atoms with Crippen molar-refractivity contribution in [3.8, 4) is 0 Å². The molecule has 1 saturated heterocycles. The first-order valence-electron chi connectivity index (χ1n) is 9.64. The number of morpholine rings is 1. The van der Waals surface area contributed by atoms with Gasteiger partial charge in [0.05, 0.1) is 19.3 Å². The predicted octanol–water partition coefficient (Wildman–Crippen LogP) is 3.48. The summed E-state index contributed by atoms with van der Waals surface area (Å²) in [5.74, 6) is 0.197. The standard InChI is InChI=1S/C23H30N2O2/c1-17-7-5-6-8-21(17)22(23(18(2)26)24(3)4)19-9-11-20(12-10-19)25-13-15-27-16-14-25/h5-12,22-23H,13-16H2,1-4H3. The van der Waals surface area contributed by atoms with Crippen LogP contribution in [0.25, 0.3) is 0 Å². The Hall–Kier alpha value is -2.17. The second kappa shape index (κ2) is 8.68. The SMILES string of the molecule is CC(=O)C(C(c1ccc(N2CCOCC2)cc1)c1ccccc1C)N(C)C. The monoisotopic (exact) mass is 366 g/mol. The maximum atomic E-state index is 12.5. The smallest absolute Gasteiger partial charge is 0.147 e. The van der Waals surface area contributed by atoms with Gasteiger partial charge in [0.1, 0.15) is 5.78 Å². The van der Waals surface area contributed by atoms with E-state index in [1.165, 1.54) is 22.4 Å². The van der Waals surface area contributed by atoms with Gasteiger partial charge >= 0.3 is 0 Å². The van der Waals surface area contributed by atoms with E-state index < -0.39 is 0 Å². The molecule has 0 aliphatic carbocycles. The van der Waals surface area contributed by atoms with Crippen molar-refractivity contribution in [3.63, 3.8) is 0 Å². The van der Waals surface area contributed by atoms with Gasteiger partial charge in [0.25, 0.3) is 0 Å². The number of nitrogens with zero attached hydrogens (tertiary/aromatic N) is 2. The fraction of sp³-hybridized carbons (Fsp3) is 0.435. The lowest BCUT2D eigenvalue weighted by Crippen LogP contribution is -2.40. The summed E-state index contributed by atoms with van der Waals surface area (Å²) in [4.78, 5) is 16.9. The number of carbonyl (C=O) groups excluding carboxylic acids is 1. The summed E-state index contributed by atoms with van der Waals surface area (Å²) in [5, 5.41) is 0. The number of likely N-dealkylation sites (N-methyl/N-ethyl adjacent to an activating group) is 1. The molecule has 4 heteroatoms. The van der Waals surface area contributed by atoms with Crippen molar-refractivity contribution in [2.45, 2.75) is 25.8 Å². The molecular formula is C23H30N2O2. The third-order valence-corrected chi connectivity index (χ3v) is 5.44. The summed E-state index contributed by atoms with van der Waals surface area (Å²) in [5.41, 5.74) is 4.82. The van der Waals surface area contributed by atoms with Crippen molar-refractivity contribution in [2.75, 3.05) is 45.3 Å². The molecule has 3 rings (SSSR count).